The number of carbonyl (C=O) groups is 2. The van der Waals surface area contributed by atoms with Crippen LogP contribution in [0.5, 0.6) is 11.5 Å². The maximum Gasteiger partial charge on any atom is 0.343 e. The number of aryl methyl sites for hydroxylation is 4. The fraction of sp³-hybridized carbons (Fsp3) is 0.355. The van der Waals surface area contributed by atoms with Crippen LogP contribution in [0, 0.1) is 27.7 Å². The third-order valence-electron chi connectivity index (χ3n) is 6.06. The molecule has 0 amide bonds. The zero-order valence-electron chi connectivity index (χ0n) is 24.2. The summed E-state index contributed by atoms with van der Waals surface area (Å²) in [4.78, 5) is 26.3. The van der Waals surface area contributed by atoms with E-state index in [4.69, 9.17) is 13.7 Å². The van der Waals surface area contributed by atoms with E-state index in [9.17, 15) is 18.0 Å². The van der Waals surface area contributed by atoms with Crippen molar-refractivity contribution in [1.29, 1.82) is 0 Å². The molecule has 1 atom stereocenters. The molecule has 1 N–H and O–H groups in total. The summed E-state index contributed by atoms with van der Waals surface area (Å²) in [6.07, 6.45) is 0.0370. The van der Waals surface area contributed by atoms with Gasteiger partial charge in [-0.3, -0.25) is 4.18 Å². The van der Waals surface area contributed by atoms with Crippen LogP contribution in [0.3, 0.4) is 0 Å². The van der Waals surface area contributed by atoms with E-state index in [1.165, 1.54) is 12.1 Å². The second kappa shape index (κ2) is 12.3. The molecular weight excluding hydrogens is 530 g/mol. The molecule has 1 unspecified atom stereocenters. The van der Waals surface area contributed by atoms with Gasteiger partial charge in [0.1, 0.15) is 6.10 Å². The van der Waals surface area contributed by atoms with Crippen LogP contribution >= 0.6 is 0 Å². The Morgan fingerprint density at radius 1 is 0.775 bits per heavy atom. The van der Waals surface area contributed by atoms with Crippen molar-refractivity contribution in [1.82, 2.24) is 5.32 Å². The maximum atomic E-state index is 13.2. The van der Waals surface area contributed by atoms with Crippen LogP contribution in [0.4, 0.5) is 0 Å². The van der Waals surface area contributed by atoms with Crippen LogP contribution in [0.15, 0.2) is 54.6 Å². The van der Waals surface area contributed by atoms with Crippen molar-refractivity contribution in [2.24, 2.45) is 0 Å². The van der Waals surface area contributed by atoms with Gasteiger partial charge in [0.15, 0.2) is 11.5 Å². The Kier molecular flexibility index (Phi) is 9.56. The normalized spacial score (nSPS) is 12.6. The molecule has 3 rings (SSSR count). The summed E-state index contributed by atoms with van der Waals surface area (Å²) >= 11 is 0. The topological polar surface area (TPSA) is 108 Å². The van der Waals surface area contributed by atoms with E-state index in [0.717, 1.165) is 28.5 Å². The number of hydrogen-bond donors (Lipinski definition) is 1. The quantitative estimate of drug-likeness (QED) is 0.197. The predicted octanol–water partition coefficient (Wildman–Crippen LogP) is 5.76. The first-order chi connectivity index (χ1) is 18.5. The van der Waals surface area contributed by atoms with Crippen molar-refractivity contribution < 1.29 is 31.7 Å². The summed E-state index contributed by atoms with van der Waals surface area (Å²) in [6, 6.07) is 15.2. The molecule has 0 heterocycles. The van der Waals surface area contributed by atoms with E-state index in [0.29, 0.717) is 16.7 Å². The minimum Gasteiger partial charge on any atom is -0.419 e. The van der Waals surface area contributed by atoms with Crippen molar-refractivity contribution >= 4 is 22.1 Å². The Bertz CT molecular complexity index is 1520. The summed E-state index contributed by atoms with van der Waals surface area (Å²) in [5.41, 5.74) is 4.27. The van der Waals surface area contributed by atoms with E-state index >= 15 is 0 Å². The smallest absolute Gasteiger partial charge is 0.343 e. The van der Waals surface area contributed by atoms with Gasteiger partial charge in [-0.05, 0) is 89.4 Å². The molecule has 0 bridgehead atoms. The number of rotatable bonds is 9. The number of carbonyl (C=O) groups excluding carboxylic acids is 2. The zero-order valence-corrected chi connectivity index (χ0v) is 25.1. The molecule has 0 radical (unpaired) electrons. The highest BCUT2D eigenvalue weighted by Crippen LogP contribution is 2.34. The SMILES string of the molecule is Cc1ccc(C(=O)Oc2ccc(C(CNC(C)(C)C)OS(C)(=O)=O)cc2OC(=O)c2ccc(C)cc2C)c(C)c1. The first-order valence-electron chi connectivity index (χ1n) is 12.9. The first-order valence-corrected chi connectivity index (χ1v) is 14.7. The molecule has 0 aliphatic rings. The molecule has 3 aromatic rings. The standard InChI is InChI=1S/C31H37NO7S/c1-19-9-12-24(21(3)15-19)29(33)37-26-14-11-23(28(39-40(8,35)36)18-32-31(5,6)7)17-27(26)38-30(34)25-13-10-20(2)16-22(25)4/h9-17,28,32H,18H2,1-8H3. The molecule has 0 saturated heterocycles. The molecule has 0 fully saturated rings. The average Bonchev–Trinajstić information content (AvgIpc) is 2.81. The summed E-state index contributed by atoms with van der Waals surface area (Å²) < 4.78 is 41.0. The van der Waals surface area contributed by atoms with Crippen molar-refractivity contribution in [3.63, 3.8) is 0 Å². The fourth-order valence-electron chi connectivity index (χ4n) is 4.10. The van der Waals surface area contributed by atoms with Gasteiger partial charge in [0.2, 0.25) is 0 Å². The molecule has 40 heavy (non-hydrogen) atoms. The van der Waals surface area contributed by atoms with Crippen LogP contribution in [-0.2, 0) is 14.3 Å². The number of nitrogens with one attached hydrogen (secondary N) is 1. The van der Waals surface area contributed by atoms with Crippen LogP contribution in [0.1, 0.15) is 75.4 Å². The number of ether oxygens (including phenoxy) is 2. The summed E-state index contributed by atoms with van der Waals surface area (Å²) in [6.45, 7) is 13.4. The van der Waals surface area contributed by atoms with Crippen LogP contribution in [-0.4, -0.2) is 38.7 Å². The lowest BCUT2D eigenvalue weighted by atomic mass is 10.0. The highest BCUT2D eigenvalue weighted by atomic mass is 32.2. The predicted molar refractivity (Wildman–Crippen MR) is 155 cm³/mol. The van der Waals surface area contributed by atoms with Crippen molar-refractivity contribution in [2.75, 3.05) is 12.8 Å². The van der Waals surface area contributed by atoms with Crippen LogP contribution in [0.2, 0.25) is 0 Å². The minimum absolute atomic E-state index is 0.00808. The van der Waals surface area contributed by atoms with Gasteiger partial charge in [0, 0.05) is 12.1 Å². The Morgan fingerprint density at radius 2 is 1.27 bits per heavy atom. The Labute approximate surface area is 236 Å². The lowest BCUT2D eigenvalue weighted by molar-refractivity contribution is 0.0681. The van der Waals surface area contributed by atoms with Gasteiger partial charge in [0.25, 0.3) is 10.1 Å². The van der Waals surface area contributed by atoms with Crippen LogP contribution in [0.25, 0.3) is 0 Å². The van der Waals surface area contributed by atoms with E-state index < -0.39 is 28.2 Å². The fourth-order valence-corrected chi connectivity index (χ4v) is 4.70. The lowest BCUT2D eigenvalue weighted by Gasteiger charge is -2.25. The van der Waals surface area contributed by atoms with E-state index in [2.05, 4.69) is 5.32 Å². The summed E-state index contributed by atoms with van der Waals surface area (Å²) in [5.74, 6) is -1.30. The van der Waals surface area contributed by atoms with Gasteiger partial charge < -0.3 is 14.8 Å². The molecule has 214 valence electrons. The van der Waals surface area contributed by atoms with Gasteiger partial charge in [-0.15, -0.1) is 0 Å². The van der Waals surface area contributed by atoms with Crippen molar-refractivity contribution in [3.8, 4) is 11.5 Å². The second-order valence-corrected chi connectivity index (χ2v) is 12.6. The molecule has 9 heteroatoms. The van der Waals surface area contributed by atoms with Gasteiger partial charge in [-0.2, -0.15) is 8.42 Å². The van der Waals surface area contributed by atoms with E-state index in [1.807, 2.05) is 59.7 Å². The van der Waals surface area contributed by atoms with E-state index in [1.54, 1.807) is 31.2 Å². The van der Waals surface area contributed by atoms with Gasteiger partial charge in [0.05, 0.1) is 17.4 Å². The van der Waals surface area contributed by atoms with Crippen molar-refractivity contribution in [2.45, 2.75) is 60.1 Å². The molecule has 0 spiro atoms. The summed E-state index contributed by atoms with van der Waals surface area (Å²) in [5, 5.41) is 3.24. The van der Waals surface area contributed by atoms with Gasteiger partial charge in [-0.25, -0.2) is 9.59 Å². The Hall–Kier alpha value is -3.53. The number of benzene rings is 3. The highest BCUT2D eigenvalue weighted by molar-refractivity contribution is 7.86. The lowest BCUT2D eigenvalue weighted by Crippen LogP contribution is -2.39. The number of hydrogen-bond acceptors (Lipinski definition) is 8. The van der Waals surface area contributed by atoms with Crippen LogP contribution < -0.4 is 14.8 Å². The Balaban J connectivity index is 2.04. The highest BCUT2D eigenvalue weighted by Gasteiger charge is 2.25. The monoisotopic (exact) mass is 567 g/mol. The number of esters is 2. The zero-order chi connectivity index (χ0) is 29.8. The van der Waals surface area contributed by atoms with Crippen molar-refractivity contribution in [3.05, 3.63) is 93.5 Å². The third-order valence-corrected chi connectivity index (χ3v) is 6.64. The largest absolute Gasteiger partial charge is 0.419 e. The maximum absolute atomic E-state index is 13.2. The molecule has 3 aromatic carbocycles. The minimum atomic E-state index is -3.83. The average molecular weight is 568 g/mol. The summed E-state index contributed by atoms with van der Waals surface area (Å²) in [7, 11) is -3.83. The molecule has 0 aromatic heterocycles. The Morgan fingerprint density at radius 3 is 1.73 bits per heavy atom. The molecule has 8 nitrogen and oxygen atoms in total. The molecule has 0 aliphatic carbocycles. The third kappa shape index (κ3) is 8.74. The molecular formula is C31H37NO7S. The molecule has 0 saturated carbocycles. The molecule has 0 aliphatic heterocycles. The first kappa shape index (κ1) is 31.0. The van der Waals surface area contributed by atoms with Gasteiger partial charge >= 0.3 is 11.9 Å². The second-order valence-electron chi connectivity index (χ2n) is 11.0. The van der Waals surface area contributed by atoms with Gasteiger partial charge in [-0.1, -0.05) is 41.5 Å². The van der Waals surface area contributed by atoms with E-state index in [-0.39, 0.29) is 23.6 Å².